The van der Waals surface area contributed by atoms with Crippen molar-refractivity contribution in [1.29, 1.82) is 0 Å². The summed E-state index contributed by atoms with van der Waals surface area (Å²) < 4.78 is 10.3. The van der Waals surface area contributed by atoms with Crippen molar-refractivity contribution in [3.8, 4) is 11.5 Å². The van der Waals surface area contributed by atoms with E-state index >= 15 is 0 Å². The van der Waals surface area contributed by atoms with Crippen LogP contribution in [-0.2, 0) is 9.59 Å². The molecule has 7 nitrogen and oxygen atoms in total. The van der Waals surface area contributed by atoms with E-state index in [1.54, 1.807) is 18.2 Å². The van der Waals surface area contributed by atoms with E-state index in [0.29, 0.717) is 17.2 Å². The maximum Gasteiger partial charge on any atom is 0.313 e. The van der Waals surface area contributed by atoms with Gasteiger partial charge in [-0.3, -0.25) is 9.59 Å². The summed E-state index contributed by atoms with van der Waals surface area (Å²) in [6.07, 6.45) is -0.492. The van der Waals surface area contributed by atoms with E-state index in [4.69, 9.17) is 9.47 Å². The number of amides is 2. The molecule has 0 aliphatic heterocycles. The van der Waals surface area contributed by atoms with E-state index in [1.165, 1.54) is 14.2 Å². The van der Waals surface area contributed by atoms with E-state index in [-0.39, 0.29) is 13.0 Å². The lowest BCUT2D eigenvalue weighted by atomic mass is 9.99. The van der Waals surface area contributed by atoms with Gasteiger partial charge in [0.1, 0.15) is 11.5 Å². The van der Waals surface area contributed by atoms with Crippen molar-refractivity contribution in [3.05, 3.63) is 66.2 Å². The van der Waals surface area contributed by atoms with Crippen LogP contribution in [0.25, 0.3) is 10.8 Å². The molecule has 156 valence electrons. The summed E-state index contributed by atoms with van der Waals surface area (Å²) in [6.45, 7) is 0.145. The van der Waals surface area contributed by atoms with Gasteiger partial charge in [0.2, 0.25) is 0 Å². The summed E-state index contributed by atoms with van der Waals surface area (Å²) in [5.41, 5.74) is 1.11. The predicted molar refractivity (Wildman–Crippen MR) is 115 cm³/mol. The van der Waals surface area contributed by atoms with Crippen LogP contribution in [0, 0.1) is 0 Å². The molecule has 0 aliphatic carbocycles. The van der Waals surface area contributed by atoms with Crippen molar-refractivity contribution in [2.45, 2.75) is 12.5 Å². The Morgan fingerprint density at radius 3 is 2.50 bits per heavy atom. The van der Waals surface area contributed by atoms with Crippen molar-refractivity contribution in [2.24, 2.45) is 0 Å². The number of nitrogens with one attached hydrogen (secondary N) is 2. The summed E-state index contributed by atoms with van der Waals surface area (Å²) in [6, 6.07) is 18.4. The molecule has 1 unspecified atom stereocenters. The Labute approximate surface area is 174 Å². The molecule has 7 heteroatoms. The van der Waals surface area contributed by atoms with Crippen LogP contribution < -0.4 is 20.1 Å². The third kappa shape index (κ3) is 4.87. The zero-order valence-electron chi connectivity index (χ0n) is 16.8. The lowest BCUT2D eigenvalue weighted by Gasteiger charge is -2.15. The highest BCUT2D eigenvalue weighted by Gasteiger charge is 2.17. The second-order valence-corrected chi connectivity index (χ2v) is 6.65. The maximum atomic E-state index is 12.2. The Morgan fingerprint density at radius 1 is 0.967 bits per heavy atom. The van der Waals surface area contributed by atoms with Gasteiger partial charge >= 0.3 is 11.8 Å². The van der Waals surface area contributed by atoms with Gasteiger partial charge in [-0.1, -0.05) is 42.5 Å². The molecule has 0 spiro atoms. The van der Waals surface area contributed by atoms with Crippen LogP contribution in [0.3, 0.4) is 0 Å². The maximum absolute atomic E-state index is 12.2. The van der Waals surface area contributed by atoms with Crippen molar-refractivity contribution < 1.29 is 24.2 Å². The van der Waals surface area contributed by atoms with Gasteiger partial charge in [0.15, 0.2) is 0 Å². The highest BCUT2D eigenvalue weighted by Crippen LogP contribution is 2.29. The molecule has 30 heavy (non-hydrogen) atoms. The number of anilines is 1. The van der Waals surface area contributed by atoms with Gasteiger partial charge in [-0.15, -0.1) is 0 Å². The van der Waals surface area contributed by atoms with Crippen molar-refractivity contribution >= 4 is 28.3 Å². The van der Waals surface area contributed by atoms with Gasteiger partial charge in [0, 0.05) is 12.6 Å². The first kappa shape index (κ1) is 21.1. The largest absolute Gasteiger partial charge is 0.497 e. The number of hydrogen-bond donors (Lipinski definition) is 3. The second kappa shape index (κ2) is 9.76. The number of carbonyl (C=O) groups excluding carboxylic acids is 2. The van der Waals surface area contributed by atoms with Gasteiger partial charge in [-0.2, -0.15) is 0 Å². The minimum absolute atomic E-state index is 0.145. The van der Waals surface area contributed by atoms with Crippen LogP contribution in [0.5, 0.6) is 11.5 Å². The molecule has 1 atom stereocenters. The third-order valence-electron chi connectivity index (χ3n) is 4.75. The summed E-state index contributed by atoms with van der Waals surface area (Å²) in [5.74, 6) is -0.709. The van der Waals surface area contributed by atoms with E-state index in [2.05, 4.69) is 10.6 Å². The van der Waals surface area contributed by atoms with Crippen LogP contribution in [-0.4, -0.2) is 37.7 Å². The first-order valence-corrected chi connectivity index (χ1v) is 9.50. The number of rotatable bonds is 7. The molecule has 3 N–H and O–H groups in total. The fourth-order valence-electron chi connectivity index (χ4n) is 3.19. The molecule has 0 bridgehead atoms. The fraction of sp³-hybridized carbons (Fsp3) is 0.217. The predicted octanol–water partition coefficient (Wildman–Crippen LogP) is 3.04. The summed E-state index contributed by atoms with van der Waals surface area (Å²) in [4.78, 5) is 24.4. The number of hydrogen-bond acceptors (Lipinski definition) is 5. The number of ether oxygens (including phenoxy) is 2. The average molecular weight is 408 g/mol. The summed E-state index contributed by atoms with van der Waals surface area (Å²) in [5, 5.41) is 17.6. The molecule has 0 aromatic heterocycles. The average Bonchev–Trinajstić information content (AvgIpc) is 2.78. The van der Waals surface area contributed by atoms with Gasteiger partial charge in [-0.25, -0.2) is 0 Å². The lowest BCUT2D eigenvalue weighted by Crippen LogP contribution is -2.36. The molecule has 3 aromatic rings. The Bertz CT molecular complexity index is 1050. The number of benzene rings is 3. The highest BCUT2D eigenvalue weighted by molar-refractivity contribution is 6.39. The number of methoxy groups -OCH3 is 2. The van der Waals surface area contributed by atoms with Gasteiger partial charge < -0.3 is 25.2 Å². The van der Waals surface area contributed by atoms with Gasteiger partial charge in [0.25, 0.3) is 0 Å². The van der Waals surface area contributed by atoms with Crippen molar-refractivity contribution in [2.75, 3.05) is 26.1 Å². The first-order chi connectivity index (χ1) is 14.5. The molecule has 0 aliphatic rings. The monoisotopic (exact) mass is 408 g/mol. The molecule has 2 amide bonds. The quantitative estimate of drug-likeness (QED) is 0.522. The highest BCUT2D eigenvalue weighted by atomic mass is 16.5. The van der Waals surface area contributed by atoms with Gasteiger partial charge in [-0.05, 0) is 34.9 Å². The van der Waals surface area contributed by atoms with Crippen LogP contribution in [0.4, 0.5) is 5.69 Å². The lowest BCUT2D eigenvalue weighted by molar-refractivity contribution is -0.136. The molecule has 0 radical (unpaired) electrons. The zero-order chi connectivity index (χ0) is 21.5. The van der Waals surface area contributed by atoms with Crippen LogP contribution in [0.15, 0.2) is 60.7 Å². The molecule has 0 heterocycles. The SMILES string of the molecule is COc1ccc(OC)c(NC(=O)C(=O)NCCC(O)c2cccc3ccccc23)c1. The smallest absolute Gasteiger partial charge is 0.313 e. The molecule has 0 saturated carbocycles. The zero-order valence-corrected chi connectivity index (χ0v) is 16.8. The van der Waals surface area contributed by atoms with Crippen LogP contribution in [0.1, 0.15) is 18.1 Å². The van der Waals surface area contributed by atoms with Crippen LogP contribution in [0.2, 0.25) is 0 Å². The first-order valence-electron chi connectivity index (χ1n) is 9.50. The Hall–Kier alpha value is -3.58. The Kier molecular flexibility index (Phi) is 6.87. The second-order valence-electron chi connectivity index (χ2n) is 6.65. The Balaban J connectivity index is 1.57. The van der Waals surface area contributed by atoms with Crippen molar-refractivity contribution in [3.63, 3.8) is 0 Å². The number of aliphatic hydroxyl groups is 1. The summed E-state index contributed by atoms with van der Waals surface area (Å²) >= 11 is 0. The Morgan fingerprint density at radius 2 is 1.73 bits per heavy atom. The van der Waals surface area contributed by atoms with Gasteiger partial charge in [0.05, 0.1) is 26.0 Å². The van der Waals surface area contributed by atoms with Crippen LogP contribution >= 0.6 is 0 Å². The standard InChI is InChI=1S/C23H24N2O5/c1-29-16-10-11-21(30-2)19(14-16)25-23(28)22(27)24-13-12-20(26)18-9-5-7-15-6-3-4-8-17(15)18/h3-11,14,20,26H,12-13H2,1-2H3,(H,24,27)(H,25,28). The topological polar surface area (TPSA) is 96.9 Å². The van der Waals surface area contributed by atoms with Crippen molar-refractivity contribution in [1.82, 2.24) is 5.32 Å². The van der Waals surface area contributed by atoms with E-state index in [0.717, 1.165) is 16.3 Å². The van der Waals surface area contributed by atoms with E-state index in [1.807, 2.05) is 42.5 Å². The van der Waals surface area contributed by atoms with E-state index < -0.39 is 17.9 Å². The number of fused-ring (bicyclic) bond motifs is 1. The number of carbonyl (C=O) groups is 2. The normalized spacial score (nSPS) is 11.6. The minimum Gasteiger partial charge on any atom is -0.497 e. The fourth-order valence-corrected chi connectivity index (χ4v) is 3.19. The molecular weight excluding hydrogens is 384 g/mol. The number of aliphatic hydroxyl groups excluding tert-OH is 1. The van der Waals surface area contributed by atoms with E-state index in [9.17, 15) is 14.7 Å². The molecule has 3 aromatic carbocycles. The molecule has 0 saturated heterocycles. The third-order valence-corrected chi connectivity index (χ3v) is 4.75. The molecular formula is C23H24N2O5. The summed E-state index contributed by atoms with van der Waals surface area (Å²) in [7, 11) is 2.97. The molecule has 0 fully saturated rings. The minimum atomic E-state index is -0.832. The molecule has 3 rings (SSSR count).